The van der Waals surface area contributed by atoms with E-state index in [0.29, 0.717) is 24.5 Å². The fourth-order valence-electron chi connectivity index (χ4n) is 3.38. The molecule has 1 aliphatic heterocycles. The number of ether oxygens (including phenoxy) is 1. The molecule has 1 unspecified atom stereocenters. The lowest BCUT2D eigenvalue weighted by atomic mass is 10.1. The zero-order valence-electron chi connectivity index (χ0n) is 18.5. The van der Waals surface area contributed by atoms with Gasteiger partial charge in [-0.05, 0) is 30.2 Å². The van der Waals surface area contributed by atoms with E-state index in [-0.39, 0.29) is 24.0 Å². The van der Waals surface area contributed by atoms with Gasteiger partial charge >= 0.3 is 6.03 Å². The van der Waals surface area contributed by atoms with Crippen LogP contribution in [0.5, 0.6) is 0 Å². The van der Waals surface area contributed by atoms with Crippen LogP contribution in [0.3, 0.4) is 0 Å². The van der Waals surface area contributed by atoms with E-state index in [1.54, 1.807) is 6.07 Å². The molecule has 166 valence electrons. The first-order chi connectivity index (χ1) is 14.9. The molecule has 31 heavy (non-hydrogen) atoms. The van der Waals surface area contributed by atoms with E-state index in [0.717, 1.165) is 25.2 Å². The lowest BCUT2D eigenvalue weighted by molar-refractivity contribution is -0.118. The van der Waals surface area contributed by atoms with E-state index in [1.807, 2.05) is 51.1 Å². The molecule has 1 heterocycles. The van der Waals surface area contributed by atoms with Gasteiger partial charge in [0.15, 0.2) is 0 Å². The topological polar surface area (TPSA) is 82.7 Å². The fourth-order valence-corrected chi connectivity index (χ4v) is 3.38. The van der Waals surface area contributed by atoms with Crippen LogP contribution in [0.2, 0.25) is 0 Å². The first-order valence-corrected chi connectivity index (χ1v) is 10.7. The second kappa shape index (κ2) is 10.9. The summed E-state index contributed by atoms with van der Waals surface area (Å²) in [6.07, 6.45) is -0.0547. The van der Waals surface area contributed by atoms with Gasteiger partial charge in [0.25, 0.3) is 0 Å². The Labute approximate surface area is 184 Å². The summed E-state index contributed by atoms with van der Waals surface area (Å²) in [5, 5.41) is 8.63. The quantitative estimate of drug-likeness (QED) is 0.634. The number of morpholine rings is 1. The third-order valence-corrected chi connectivity index (χ3v) is 5.24. The Balaban J connectivity index is 1.49. The molecule has 1 atom stereocenters. The highest BCUT2D eigenvalue weighted by Gasteiger charge is 2.21. The van der Waals surface area contributed by atoms with Gasteiger partial charge in [-0.1, -0.05) is 50.2 Å². The summed E-state index contributed by atoms with van der Waals surface area (Å²) in [7, 11) is 0. The van der Waals surface area contributed by atoms with Crippen LogP contribution in [0, 0.1) is 12.8 Å². The van der Waals surface area contributed by atoms with Gasteiger partial charge in [0.1, 0.15) is 0 Å². The summed E-state index contributed by atoms with van der Waals surface area (Å²) in [5.74, 6) is -0.174. The summed E-state index contributed by atoms with van der Waals surface area (Å²) in [4.78, 5) is 26.7. The summed E-state index contributed by atoms with van der Waals surface area (Å²) < 4.78 is 5.82. The summed E-state index contributed by atoms with van der Waals surface area (Å²) in [6, 6.07) is 15.5. The molecule has 0 bridgehead atoms. The number of rotatable bonds is 7. The van der Waals surface area contributed by atoms with E-state index in [4.69, 9.17) is 4.74 Å². The van der Waals surface area contributed by atoms with Crippen LogP contribution >= 0.6 is 0 Å². The Bertz CT molecular complexity index is 886. The molecular weight excluding hydrogens is 392 g/mol. The molecule has 2 aromatic rings. The standard InChI is InChI=1S/C24H32N4O3/c1-17(2)23(29)26-20-10-9-18(3)22(13-20)27-24(30)25-14-21-16-28(11-12-31-21)15-19-7-5-4-6-8-19/h4-10,13,17,21H,11-12,14-16H2,1-3H3,(H,26,29)(H2,25,27,30). The molecule has 0 aliphatic carbocycles. The molecule has 1 saturated heterocycles. The van der Waals surface area contributed by atoms with Crippen molar-refractivity contribution in [1.29, 1.82) is 0 Å². The number of hydrogen-bond donors (Lipinski definition) is 3. The second-order valence-corrected chi connectivity index (χ2v) is 8.22. The minimum absolute atomic E-state index is 0.0547. The maximum atomic E-state index is 12.4. The lowest BCUT2D eigenvalue weighted by Gasteiger charge is -2.33. The zero-order valence-corrected chi connectivity index (χ0v) is 18.5. The van der Waals surface area contributed by atoms with Crippen LogP contribution in [0.1, 0.15) is 25.0 Å². The molecule has 2 aromatic carbocycles. The Morgan fingerprint density at radius 1 is 1.13 bits per heavy atom. The number of carbonyl (C=O) groups excluding carboxylic acids is 2. The van der Waals surface area contributed by atoms with Crippen molar-refractivity contribution < 1.29 is 14.3 Å². The molecular formula is C24H32N4O3. The Morgan fingerprint density at radius 3 is 2.65 bits per heavy atom. The van der Waals surface area contributed by atoms with Crippen LogP contribution in [0.25, 0.3) is 0 Å². The largest absolute Gasteiger partial charge is 0.374 e. The van der Waals surface area contributed by atoms with Gasteiger partial charge in [0, 0.05) is 43.5 Å². The maximum Gasteiger partial charge on any atom is 0.319 e. The lowest BCUT2D eigenvalue weighted by Crippen LogP contribution is -2.47. The normalized spacial score (nSPS) is 16.7. The molecule has 1 aliphatic rings. The molecule has 3 N–H and O–H groups in total. The van der Waals surface area contributed by atoms with Gasteiger partial charge in [0.05, 0.1) is 12.7 Å². The zero-order chi connectivity index (χ0) is 22.2. The third-order valence-electron chi connectivity index (χ3n) is 5.24. The van der Waals surface area contributed by atoms with Crippen molar-refractivity contribution >= 4 is 23.3 Å². The average Bonchev–Trinajstić information content (AvgIpc) is 2.75. The second-order valence-electron chi connectivity index (χ2n) is 8.22. The predicted molar refractivity (Wildman–Crippen MR) is 123 cm³/mol. The fraction of sp³-hybridized carbons (Fsp3) is 0.417. The summed E-state index contributed by atoms with van der Waals surface area (Å²) in [6.45, 7) is 9.19. The van der Waals surface area contributed by atoms with Crippen molar-refractivity contribution in [1.82, 2.24) is 10.2 Å². The van der Waals surface area contributed by atoms with Crippen LogP contribution in [0.4, 0.5) is 16.2 Å². The highest BCUT2D eigenvalue weighted by molar-refractivity contribution is 5.94. The first kappa shape index (κ1) is 22.8. The van der Waals surface area contributed by atoms with E-state index in [9.17, 15) is 9.59 Å². The van der Waals surface area contributed by atoms with Gasteiger partial charge in [-0.15, -0.1) is 0 Å². The van der Waals surface area contributed by atoms with Crippen molar-refractivity contribution in [3.05, 3.63) is 59.7 Å². The number of nitrogens with zero attached hydrogens (tertiary/aromatic N) is 1. The highest BCUT2D eigenvalue weighted by Crippen LogP contribution is 2.21. The van der Waals surface area contributed by atoms with Crippen molar-refractivity contribution in [2.75, 3.05) is 36.9 Å². The smallest absolute Gasteiger partial charge is 0.319 e. The Kier molecular flexibility index (Phi) is 8.03. The van der Waals surface area contributed by atoms with Gasteiger partial charge in [0.2, 0.25) is 5.91 Å². The van der Waals surface area contributed by atoms with Gasteiger partial charge < -0.3 is 20.7 Å². The molecule has 0 aromatic heterocycles. The molecule has 0 spiro atoms. The van der Waals surface area contributed by atoms with Gasteiger partial charge in [-0.25, -0.2) is 4.79 Å². The molecule has 0 radical (unpaired) electrons. The highest BCUT2D eigenvalue weighted by atomic mass is 16.5. The number of hydrogen-bond acceptors (Lipinski definition) is 4. The molecule has 3 amide bonds. The average molecular weight is 425 g/mol. The number of aryl methyl sites for hydroxylation is 1. The van der Waals surface area contributed by atoms with E-state index in [1.165, 1.54) is 5.56 Å². The van der Waals surface area contributed by atoms with Crippen LogP contribution in [-0.4, -0.2) is 49.2 Å². The first-order valence-electron chi connectivity index (χ1n) is 10.7. The number of carbonyl (C=O) groups is 2. The summed E-state index contributed by atoms with van der Waals surface area (Å²) in [5.41, 5.74) is 3.51. The molecule has 7 nitrogen and oxygen atoms in total. The molecule has 7 heteroatoms. The molecule has 0 saturated carbocycles. The Hall–Kier alpha value is -2.90. The van der Waals surface area contributed by atoms with Crippen molar-refractivity contribution in [3.63, 3.8) is 0 Å². The maximum absolute atomic E-state index is 12.4. The number of nitrogens with one attached hydrogen (secondary N) is 3. The van der Waals surface area contributed by atoms with E-state index < -0.39 is 0 Å². The monoisotopic (exact) mass is 424 g/mol. The van der Waals surface area contributed by atoms with Gasteiger partial charge in [-0.2, -0.15) is 0 Å². The van der Waals surface area contributed by atoms with E-state index in [2.05, 4.69) is 33.0 Å². The van der Waals surface area contributed by atoms with Crippen molar-refractivity contribution in [2.45, 2.75) is 33.4 Å². The predicted octanol–water partition coefficient (Wildman–Crippen LogP) is 3.61. The summed E-state index contributed by atoms with van der Waals surface area (Å²) >= 11 is 0. The van der Waals surface area contributed by atoms with Gasteiger partial charge in [-0.3, -0.25) is 9.69 Å². The minimum atomic E-state index is -0.292. The number of anilines is 2. The van der Waals surface area contributed by atoms with Crippen molar-refractivity contribution in [3.8, 4) is 0 Å². The number of amides is 3. The van der Waals surface area contributed by atoms with Crippen LogP contribution < -0.4 is 16.0 Å². The van der Waals surface area contributed by atoms with Crippen LogP contribution in [0.15, 0.2) is 48.5 Å². The van der Waals surface area contributed by atoms with E-state index >= 15 is 0 Å². The molecule has 1 fully saturated rings. The number of urea groups is 1. The Morgan fingerprint density at radius 2 is 1.90 bits per heavy atom. The molecule has 3 rings (SSSR count). The third kappa shape index (κ3) is 7.08. The van der Waals surface area contributed by atoms with Crippen LogP contribution in [-0.2, 0) is 16.1 Å². The minimum Gasteiger partial charge on any atom is -0.374 e. The SMILES string of the molecule is Cc1ccc(NC(=O)C(C)C)cc1NC(=O)NCC1CN(Cc2ccccc2)CCO1. The number of benzene rings is 2. The van der Waals surface area contributed by atoms with Crippen molar-refractivity contribution in [2.24, 2.45) is 5.92 Å².